The van der Waals surface area contributed by atoms with Crippen LogP contribution in [0, 0.1) is 0 Å². The van der Waals surface area contributed by atoms with Crippen molar-refractivity contribution in [3.05, 3.63) is 23.8 Å². The van der Waals surface area contributed by atoms with E-state index in [1.807, 2.05) is 32.0 Å². The van der Waals surface area contributed by atoms with Gasteiger partial charge in [0.05, 0.1) is 0 Å². The van der Waals surface area contributed by atoms with E-state index in [0.717, 1.165) is 30.6 Å². The van der Waals surface area contributed by atoms with Gasteiger partial charge in [0, 0.05) is 0 Å². The summed E-state index contributed by atoms with van der Waals surface area (Å²) >= 11 is -0.270. The van der Waals surface area contributed by atoms with Crippen LogP contribution in [0.4, 0.5) is 5.69 Å². The molecule has 0 saturated heterocycles. The average molecular weight is 326 g/mol. The number of carbonyl (C=O) groups excluding carboxylic acids is 1. The van der Waals surface area contributed by atoms with E-state index in [0.29, 0.717) is 5.56 Å². The number of ether oxygens (including phenoxy) is 1. The Hall–Kier alpha value is -0.992. The SMILES string of the molecule is CCN(CC)C(=O)c1ccc([AsH]CCOC)c(N)c1. The normalized spacial score (nSPS) is 11.1. The number of rotatable bonds is 7. The van der Waals surface area contributed by atoms with Crippen LogP contribution in [0.1, 0.15) is 24.2 Å². The molecule has 1 unspecified atom stereocenters. The Balaban J connectivity index is 2.78. The molecule has 1 rings (SSSR count). The average Bonchev–Trinajstić information content (AvgIpc) is 2.42. The second-order valence-corrected chi connectivity index (χ2v) is 7.12. The molecular formula is C14H23AsN2O2. The van der Waals surface area contributed by atoms with Crippen LogP contribution in [0.5, 0.6) is 0 Å². The summed E-state index contributed by atoms with van der Waals surface area (Å²) in [6.07, 6.45) is 0. The monoisotopic (exact) mass is 326 g/mol. The number of anilines is 1. The van der Waals surface area contributed by atoms with Crippen LogP contribution in [-0.4, -0.2) is 53.4 Å². The molecule has 0 aliphatic rings. The third-order valence-electron chi connectivity index (χ3n) is 2.97. The molecule has 0 saturated carbocycles. The standard InChI is InChI=1S/C14H23AsN2O2/c1-4-17(5-2)14(18)11-6-7-12(13(16)10-11)15-8-9-19-3/h6-7,10,15H,4-5,8-9,16H2,1-3H3. The Morgan fingerprint density at radius 1 is 1.37 bits per heavy atom. The van der Waals surface area contributed by atoms with Crippen molar-refractivity contribution in [2.45, 2.75) is 19.1 Å². The van der Waals surface area contributed by atoms with Crippen molar-refractivity contribution in [1.82, 2.24) is 4.90 Å². The van der Waals surface area contributed by atoms with Crippen LogP contribution in [0.25, 0.3) is 0 Å². The number of hydrogen-bond acceptors (Lipinski definition) is 3. The van der Waals surface area contributed by atoms with E-state index in [9.17, 15) is 4.79 Å². The molecule has 19 heavy (non-hydrogen) atoms. The summed E-state index contributed by atoms with van der Waals surface area (Å²) in [7, 11) is 1.71. The van der Waals surface area contributed by atoms with E-state index in [2.05, 4.69) is 0 Å². The molecule has 1 aromatic carbocycles. The zero-order valence-corrected chi connectivity index (χ0v) is 14.0. The summed E-state index contributed by atoms with van der Waals surface area (Å²) in [6.45, 7) is 6.18. The van der Waals surface area contributed by atoms with Gasteiger partial charge in [-0.3, -0.25) is 0 Å². The van der Waals surface area contributed by atoms with Gasteiger partial charge in [0.1, 0.15) is 0 Å². The Morgan fingerprint density at radius 2 is 2.05 bits per heavy atom. The summed E-state index contributed by atoms with van der Waals surface area (Å²) in [5.74, 6) is 0.0557. The van der Waals surface area contributed by atoms with E-state index in [4.69, 9.17) is 10.5 Å². The van der Waals surface area contributed by atoms with E-state index < -0.39 is 0 Å². The first-order valence-corrected chi connectivity index (χ1v) is 9.08. The zero-order valence-electron chi connectivity index (χ0n) is 11.9. The van der Waals surface area contributed by atoms with Crippen molar-refractivity contribution in [2.75, 3.05) is 32.5 Å². The van der Waals surface area contributed by atoms with E-state index in [-0.39, 0.29) is 21.7 Å². The Morgan fingerprint density at radius 3 is 2.58 bits per heavy atom. The van der Waals surface area contributed by atoms with Gasteiger partial charge in [-0.05, 0) is 0 Å². The summed E-state index contributed by atoms with van der Waals surface area (Å²) in [5.41, 5.74) is 7.47. The van der Waals surface area contributed by atoms with Gasteiger partial charge < -0.3 is 0 Å². The van der Waals surface area contributed by atoms with Crippen molar-refractivity contribution in [1.29, 1.82) is 0 Å². The molecule has 106 valence electrons. The molecule has 1 aromatic rings. The number of amides is 1. The van der Waals surface area contributed by atoms with Gasteiger partial charge in [-0.25, -0.2) is 0 Å². The second-order valence-electron chi connectivity index (χ2n) is 4.20. The minimum atomic E-state index is -0.270. The Labute approximate surface area is 122 Å². The van der Waals surface area contributed by atoms with Crippen LogP contribution in [-0.2, 0) is 4.74 Å². The summed E-state index contributed by atoms with van der Waals surface area (Å²) in [5, 5.41) is 1.06. The van der Waals surface area contributed by atoms with Crippen LogP contribution < -0.4 is 10.1 Å². The Kier molecular flexibility index (Phi) is 6.96. The van der Waals surface area contributed by atoms with E-state index in [1.54, 1.807) is 12.0 Å². The molecule has 4 nitrogen and oxygen atoms in total. The molecule has 1 atom stereocenters. The second kappa shape index (κ2) is 8.23. The zero-order chi connectivity index (χ0) is 14.3. The quantitative estimate of drug-likeness (QED) is 0.460. The van der Waals surface area contributed by atoms with Crippen molar-refractivity contribution < 1.29 is 9.53 Å². The van der Waals surface area contributed by atoms with Gasteiger partial charge in [0.2, 0.25) is 0 Å². The molecule has 0 aromatic heterocycles. The van der Waals surface area contributed by atoms with Crippen LogP contribution in [0.15, 0.2) is 18.2 Å². The molecule has 0 bridgehead atoms. The molecule has 0 heterocycles. The van der Waals surface area contributed by atoms with Gasteiger partial charge in [-0.2, -0.15) is 0 Å². The molecule has 0 aliphatic heterocycles. The number of benzene rings is 1. The summed E-state index contributed by atoms with van der Waals surface area (Å²) in [4.78, 5) is 14.0. The molecule has 5 heteroatoms. The van der Waals surface area contributed by atoms with Gasteiger partial charge in [0.25, 0.3) is 0 Å². The van der Waals surface area contributed by atoms with Crippen LogP contribution in [0.3, 0.4) is 0 Å². The Bertz CT molecular complexity index is 420. The molecule has 2 N–H and O–H groups in total. The first kappa shape index (κ1) is 16.1. The predicted octanol–water partition coefficient (Wildman–Crippen LogP) is 0.877. The number of carbonyl (C=O) groups is 1. The molecular weight excluding hydrogens is 303 g/mol. The summed E-state index contributed by atoms with van der Waals surface area (Å²) in [6, 6.07) is 5.71. The maximum atomic E-state index is 12.2. The molecule has 0 aliphatic carbocycles. The van der Waals surface area contributed by atoms with Crippen LogP contribution in [0.2, 0.25) is 5.21 Å². The van der Waals surface area contributed by atoms with Crippen molar-refractivity contribution in [3.63, 3.8) is 0 Å². The van der Waals surface area contributed by atoms with Gasteiger partial charge in [0.15, 0.2) is 0 Å². The molecule has 1 amide bonds. The van der Waals surface area contributed by atoms with Gasteiger partial charge in [-0.15, -0.1) is 0 Å². The minimum absolute atomic E-state index is 0.0557. The van der Waals surface area contributed by atoms with Crippen molar-refractivity contribution >= 4 is 31.7 Å². The molecule has 0 fully saturated rings. The van der Waals surface area contributed by atoms with Gasteiger partial charge >= 0.3 is 121 Å². The number of methoxy groups -OCH3 is 1. The first-order chi connectivity index (χ1) is 9.13. The van der Waals surface area contributed by atoms with Crippen LogP contribution >= 0.6 is 0 Å². The third kappa shape index (κ3) is 4.55. The molecule has 0 spiro atoms. The fourth-order valence-electron chi connectivity index (χ4n) is 1.84. The van der Waals surface area contributed by atoms with Gasteiger partial charge in [-0.1, -0.05) is 0 Å². The number of hydrogen-bond donors (Lipinski definition) is 1. The number of nitrogen functional groups attached to an aromatic ring is 1. The number of nitrogens with two attached hydrogens (primary N) is 1. The fraction of sp³-hybridized carbons (Fsp3) is 0.500. The molecule has 0 radical (unpaired) electrons. The van der Waals surface area contributed by atoms with E-state index >= 15 is 0 Å². The first-order valence-electron chi connectivity index (χ1n) is 6.55. The maximum absolute atomic E-state index is 12.2. The van der Waals surface area contributed by atoms with Crippen molar-refractivity contribution in [2.24, 2.45) is 0 Å². The fourth-order valence-corrected chi connectivity index (χ4v) is 4.05. The topological polar surface area (TPSA) is 55.6 Å². The third-order valence-corrected chi connectivity index (χ3v) is 5.68. The number of nitrogens with zero attached hydrogens (tertiary/aromatic N) is 1. The summed E-state index contributed by atoms with van der Waals surface area (Å²) < 4.78 is 6.26. The predicted molar refractivity (Wildman–Crippen MR) is 81.6 cm³/mol. The van der Waals surface area contributed by atoms with Crippen molar-refractivity contribution in [3.8, 4) is 0 Å². The van der Waals surface area contributed by atoms with E-state index in [1.165, 1.54) is 4.35 Å².